The van der Waals surface area contributed by atoms with Crippen molar-refractivity contribution in [1.82, 2.24) is 9.55 Å². The molecule has 0 aliphatic rings. The maximum Gasteiger partial charge on any atom is 0.261 e. The van der Waals surface area contributed by atoms with Crippen LogP contribution in [0.4, 0.5) is 0 Å². The molecule has 1 heterocycles. The smallest absolute Gasteiger partial charge is 0.261 e. The number of aromatic nitrogens is 2. The van der Waals surface area contributed by atoms with Crippen LogP contribution in [0.1, 0.15) is 26.6 Å². The summed E-state index contributed by atoms with van der Waals surface area (Å²) in [5, 5.41) is 0.682. The van der Waals surface area contributed by atoms with E-state index < -0.39 is 0 Å². The highest BCUT2D eigenvalue weighted by Crippen LogP contribution is 2.15. The summed E-state index contributed by atoms with van der Waals surface area (Å²) < 4.78 is 1.75. The molecule has 1 aromatic heterocycles. The van der Waals surface area contributed by atoms with Crippen molar-refractivity contribution in [3.05, 3.63) is 34.4 Å². The second kappa shape index (κ2) is 4.27. The van der Waals surface area contributed by atoms with Crippen LogP contribution >= 0.6 is 0 Å². The summed E-state index contributed by atoms with van der Waals surface area (Å²) in [6, 6.07) is 5.77. The molecule has 0 amide bonds. The lowest BCUT2D eigenvalue weighted by atomic mass is 9.73. The molecule has 0 aliphatic carbocycles. The highest BCUT2D eigenvalue weighted by atomic mass is 16.1. The molecule has 2 rings (SSSR count). The molecule has 0 saturated carbocycles. The number of aryl methyl sites for hydroxylation is 1. The van der Waals surface area contributed by atoms with Gasteiger partial charge in [-0.05, 0) is 39.8 Å². The van der Waals surface area contributed by atoms with E-state index >= 15 is 0 Å². The van der Waals surface area contributed by atoms with Crippen LogP contribution in [-0.4, -0.2) is 16.8 Å². The summed E-state index contributed by atoms with van der Waals surface area (Å²) in [4.78, 5) is 17.1. The van der Waals surface area contributed by atoms with Gasteiger partial charge in [-0.3, -0.25) is 9.36 Å². The second-order valence-corrected chi connectivity index (χ2v) is 5.54. The van der Waals surface area contributed by atoms with Crippen LogP contribution in [0.25, 0.3) is 10.9 Å². The minimum Gasteiger partial charge on any atom is -0.291 e. The van der Waals surface area contributed by atoms with Gasteiger partial charge in [0.1, 0.15) is 13.1 Å². The number of benzene rings is 1. The Hall–Kier alpha value is -1.58. The number of nitrogens with zero attached hydrogens (tertiary/aromatic N) is 2. The van der Waals surface area contributed by atoms with Crippen molar-refractivity contribution in [3.8, 4) is 0 Å². The third-order valence-corrected chi connectivity index (χ3v) is 3.07. The minimum atomic E-state index is -0.252. The van der Waals surface area contributed by atoms with E-state index in [1.165, 1.54) is 0 Å². The van der Waals surface area contributed by atoms with Gasteiger partial charge < -0.3 is 0 Å². The molecule has 0 aliphatic heterocycles. The predicted octanol–water partition coefficient (Wildman–Crippen LogP) is 1.84. The molecular weight excluding hydrogens is 223 g/mol. The van der Waals surface area contributed by atoms with Crippen molar-refractivity contribution in [2.45, 2.75) is 40.1 Å². The maximum absolute atomic E-state index is 12.5. The van der Waals surface area contributed by atoms with Gasteiger partial charge in [0.05, 0.1) is 10.9 Å². The minimum absolute atomic E-state index is 0.0349. The first-order valence-corrected chi connectivity index (χ1v) is 6.18. The lowest BCUT2D eigenvalue weighted by Gasteiger charge is -2.24. The van der Waals surface area contributed by atoms with Crippen LogP contribution in [0.15, 0.2) is 23.0 Å². The van der Waals surface area contributed by atoms with Crippen molar-refractivity contribution in [2.75, 3.05) is 0 Å². The highest BCUT2D eigenvalue weighted by Gasteiger charge is 2.19. The highest BCUT2D eigenvalue weighted by molar-refractivity contribution is 6.52. The molecular formula is C14H18BN2O. The first-order valence-electron chi connectivity index (χ1n) is 6.18. The molecule has 0 N–H and O–H groups in total. The Kier molecular flexibility index (Phi) is 3.05. The van der Waals surface area contributed by atoms with E-state index in [9.17, 15) is 4.79 Å². The fourth-order valence-corrected chi connectivity index (χ4v) is 2.28. The molecule has 0 bridgehead atoms. The number of hydrogen-bond acceptors (Lipinski definition) is 2. The van der Waals surface area contributed by atoms with Gasteiger partial charge in [-0.15, -0.1) is 0 Å². The third kappa shape index (κ3) is 2.07. The van der Waals surface area contributed by atoms with Gasteiger partial charge in [-0.1, -0.05) is 18.4 Å². The molecule has 0 fully saturated rings. The SMILES string of the molecule is C[B]c1ccc2c(=O)n(C(C)(C)C)c(C)nc2c1. The second-order valence-electron chi connectivity index (χ2n) is 5.54. The lowest BCUT2D eigenvalue weighted by Crippen LogP contribution is -2.36. The van der Waals surface area contributed by atoms with Crippen molar-refractivity contribution in [1.29, 1.82) is 0 Å². The number of rotatable bonds is 1. The van der Waals surface area contributed by atoms with Crippen LogP contribution in [0.5, 0.6) is 0 Å². The Morgan fingerprint density at radius 1 is 1.28 bits per heavy atom. The average molecular weight is 241 g/mol. The van der Waals surface area contributed by atoms with Crippen LogP contribution in [0.3, 0.4) is 0 Å². The molecule has 4 heteroatoms. The van der Waals surface area contributed by atoms with Gasteiger partial charge in [0, 0.05) is 5.54 Å². The summed E-state index contributed by atoms with van der Waals surface area (Å²) in [5.74, 6) is 0.758. The van der Waals surface area contributed by atoms with Crippen molar-refractivity contribution < 1.29 is 0 Å². The van der Waals surface area contributed by atoms with Crippen molar-refractivity contribution in [2.24, 2.45) is 0 Å². The Morgan fingerprint density at radius 3 is 2.50 bits per heavy atom. The fraction of sp³-hybridized carbons (Fsp3) is 0.429. The van der Waals surface area contributed by atoms with Gasteiger partial charge in [0.15, 0.2) is 0 Å². The molecule has 18 heavy (non-hydrogen) atoms. The quantitative estimate of drug-likeness (QED) is 0.714. The number of hydrogen-bond donors (Lipinski definition) is 0. The first kappa shape index (κ1) is 12.9. The van der Waals surface area contributed by atoms with E-state index in [2.05, 4.69) is 4.98 Å². The van der Waals surface area contributed by atoms with E-state index in [4.69, 9.17) is 0 Å². The Morgan fingerprint density at radius 2 is 1.94 bits per heavy atom. The van der Waals surface area contributed by atoms with Crippen LogP contribution in [0.2, 0.25) is 6.82 Å². The molecule has 3 nitrogen and oxygen atoms in total. The maximum atomic E-state index is 12.5. The largest absolute Gasteiger partial charge is 0.291 e. The van der Waals surface area contributed by atoms with E-state index in [0.717, 1.165) is 16.8 Å². The third-order valence-electron chi connectivity index (χ3n) is 3.07. The van der Waals surface area contributed by atoms with E-state index in [-0.39, 0.29) is 11.1 Å². The van der Waals surface area contributed by atoms with Gasteiger partial charge in [-0.25, -0.2) is 4.98 Å². The zero-order chi connectivity index (χ0) is 13.5. The molecule has 0 unspecified atom stereocenters. The van der Waals surface area contributed by atoms with Gasteiger partial charge in [0.25, 0.3) is 5.56 Å². The predicted molar refractivity (Wildman–Crippen MR) is 77.0 cm³/mol. The Labute approximate surface area is 108 Å². The van der Waals surface area contributed by atoms with Gasteiger partial charge in [-0.2, -0.15) is 0 Å². The van der Waals surface area contributed by atoms with Crippen LogP contribution in [-0.2, 0) is 5.54 Å². The molecule has 0 spiro atoms. The standard InChI is InChI=1S/C14H18BN2O/c1-9-16-12-8-10(15-5)6-7-11(12)13(18)17(9)14(2,3)4/h6-8H,1-5H3. The summed E-state index contributed by atoms with van der Waals surface area (Å²) in [5.41, 5.74) is 1.64. The Balaban J connectivity index is 2.84. The van der Waals surface area contributed by atoms with Crippen molar-refractivity contribution in [3.63, 3.8) is 0 Å². The lowest BCUT2D eigenvalue weighted by molar-refractivity contribution is 0.372. The molecule has 0 atom stereocenters. The van der Waals surface area contributed by atoms with Gasteiger partial charge >= 0.3 is 0 Å². The zero-order valence-electron chi connectivity index (χ0n) is 11.6. The van der Waals surface area contributed by atoms with Crippen LogP contribution in [0, 0.1) is 6.92 Å². The summed E-state index contributed by atoms with van der Waals surface area (Å²) in [6.45, 7) is 9.91. The van der Waals surface area contributed by atoms with E-state index in [1.807, 2.05) is 60.0 Å². The summed E-state index contributed by atoms with van der Waals surface area (Å²) in [6.07, 6.45) is 0. The topological polar surface area (TPSA) is 34.9 Å². The Bertz CT molecular complexity index is 653. The normalized spacial score (nSPS) is 11.8. The monoisotopic (exact) mass is 241 g/mol. The molecule has 1 aromatic carbocycles. The van der Waals surface area contributed by atoms with E-state index in [1.54, 1.807) is 4.57 Å². The van der Waals surface area contributed by atoms with Crippen molar-refractivity contribution >= 4 is 23.6 Å². The number of fused-ring (bicyclic) bond motifs is 1. The molecule has 93 valence electrons. The molecule has 0 saturated heterocycles. The first-order chi connectivity index (χ1) is 8.34. The van der Waals surface area contributed by atoms with Crippen LogP contribution < -0.4 is 11.0 Å². The van der Waals surface area contributed by atoms with E-state index in [0.29, 0.717) is 5.39 Å². The summed E-state index contributed by atoms with van der Waals surface area (Å²) in [7, 11) is 2.01. The molecule has 1 radical (unpaired) electrons. The fourth-order valence-electron chi connectivity index (χ4n) is 2.28. The zero-order valence-corrected chi connectivity index (χ0v) is 11.6. The van der Waals surface area contributed by atoms with Gasteiger partial charge in [0.2, 0.25) is 0 Å². The molecule has 2 aromatic rings. The average Bonchev–Trinajstić information content (AvgIpc) is 2.26. The summed E-state index contributed by atoms with van der Waals surface area (Å²) >= 11 is 0.